The third-order valence-electron chi connectivity index (χ3n) is 8.99. The number of fused-ring (bicyclic) bond motifs is 1. The summed E-state index contributed by atoms with van der Waals surface area (Å²) in [4.78, 5) is 32.0. The molecule has 3 aliphatic heterocycles. The van der Waals surface area contributed by atoms with E-state index < -0.39 is 23.9 Å². The van der Waals surface area contributed by atoms with Crippen molar-refractivity contribution in [1.29, 1.82) is 0 Å². The summed E-state index contributed by atoms with van der Waals surface area (Å²) in [5.74, 6) is 0. The van der Waals surface area contributed by atoms with Crippen molar-refractivity contribution in [3.05, 3.63) is 59.2 Å². The molecule has 0 bridgehead atoms. The van der Waals surface area contributed by atoms with Crippen molar-refractivity contribution in [3.8, 4) is 0 Å². The molecule has 0 aliphatic carbocycles. The van der Waals surface area contributed by atoms with Gasteiger partial charge in [-0.3, -0.25) is 0 Å². The molecule has 2 saturated heterocycles. The predicted molar refractivity (Wildman–Crippen MR) is 168 cm³/mol. The summed E-state index contributed by atoms with van der Waals surface area (Å²) in [6.45, 7) is 19.0. The van der Waals surface area contributed by atoms with Crippen molar-refractivity contribution >= 4 is 30.5 Å². The third kappa shape index (κ3) is 6.65. The maximum atomic E-state index is 13.2. The van der Waals surface area contributed by atoms with Crippen LogP contribution in [0.1, 0.15) is 72.1 Å². The molecule has 0 spiro atoms. The number of ether oxygens (including phenoxy) is 2. The van der Waals surface area contributed by atoms with Gasteiger partial charge in [-0.1, -0.05) is 36.4 Å². The SMILES string of the molecule is C[C@@H]1CN(c2ccc(B3OC(C)(C)C(C)(C)O3)c3c2CN(C(=O)OCc2ccccc2)CC3)CCN1C(=O)OC(C)(C)C. The summed E-state index contributed by atoms with van der Waals surface area (Å²) in [5.41, 5.74) is 3.79. The van der Waals surface area contributed by atoms with E-state index in [0.29, 0.717) is 39.1 Å². The summed E-state index contributed by atoms with van der Waals surface area (Å²) >= 11 is 0. The molecular formula is C33H46BN3O6. The molecule has 232 valence electrons. The van der Waals surface area contributed by atoms with Gasteiger partial charge in [-0.15, -0.1) is 0 Å². The van der Waals surface area contributed by atoms with Gasteiger partial charge in [-0.2, -0.15) is 0 Å². The second-order valence-electron chi connectivity index (χ2n) is 13.9. The van der Waals surface area contributed by atoms with Crippen molar-refractivity contribution in [2.24, 2.45) is 0 Å². The lowest BCUT2D eigenvalue weighted by Gasteiger charge is -2.43. The van der Waals surface area contributed by atoms with E-state index in [9.17, 15) is 9.59 Å². The molecule has 10 heteroatoms. The first kappa shape index (κ1) is 31.2. The monoisotopic (exact) mass is 591 g/mol. The zero-order valence-electron chi connectivity index (χ0n) is 26.9. The molecular weight excluding hydrogens is 545 g/mol. The lowest BCUT2D eigenvalue weighted by atomic mass is 9.72. The highest BCUT2D eigenvalue weighted by Gasteiger charge is 2.52. The number of carbonyl (C=O) groups excluding carboxylic acids is 2. The van der Waals surface area contributed by atoms with Crippen LogP contribution in [-0.4, -0.2) is 78.1 Å². The van der Waals surface area contributed by atoms with Crippen LogP contribution in [0, 0.1) is 0 Å². The first-order valence-corrected chi connectivity index (χ1v) is 15.4. The van der Waals surface area contributed by atoms with E-state index in [1.165, 1.54) is 0 Å². The Morgan fingerprint density at radius 2 is 1.60 bits per heavy atom. The van der Waals surface area contributed by atoms with Gasteiger partial charge in [0.2, 0.25) is 0 Å². The fraction of sp³-hybridized carbons (Fsp3) is 0.576. The van der Waals surface area contributed by atoms with Gasteiger partial charge in [0.15, 0.2) is 0 Å². The maximum Gasteiger partial charge on any atom is 0.495 e. The summed E-state index contributed by atoms with van der Waals surface area (Å²) in [7, 11) is -0.493. The number of carbonyl (C=O) groups is 2. The van der Waals surface area contributed by atoms with Gasteiger partial charge >= 0.3 is 19.3 Å². The molecule has 0 N–H and O–H groups in total. The third-order valence-corrected chi connectivity index (χ3v) is 8.99. The van der Waals surface area contributed by atoms with Crippen LogP contribution in [0.15, 0.2) is 42.5 Å². The Hall–Kier alpha value is -3.24. The number of amides is 2. The van der Waals surface area contributed by atoms with Crippen molar-refractivity contribution in [2.45, 2.75) is 97.8 Å². The lowest BCUT2D eigenvalue weighted by Crippen LogP contribution is -2.55. The second-order valence-corrected chi connectivity index (χ2v) is 13.9. The fourth-order valence-electron chi connectivity index (χ4n) is 5.91. The number of anilines is 1. The molecule has 9 nitrogen and oxygen atoms in total. The van der Waals surface area contributed by atoms with Crippen molar-refractivity contribution in [1.82, 2.24) is 9.80 Å². The Balaban J connectivity index is 1.40. The van der Waals surface area contributed by atoms with E-state index in [2.05, 4.69) is 51.7 Å². The van der Waals surface area contributed by atoms with E-state index in [1.807, 2.05) is 51.1 Å². The Kier molecular flexibility index (Phi) is 8.48. The van der Waals surface area contributed by atoms with Crippen molar-refractivity contribution in [3.63, 3.8) is 0 Å². The van der Waals surface area contributed by atoms with Gasteiger partial charge < -0.3 is 33.5 Å². The highest BCUT2D eigenvalue weighted by molar-refractivity contribution is 6.62. The number of piperazine rings is 1. The molecule has 2 fully saturated rings. The van der Waals surface area contributed by atoms with Crippen LogP contribution >= 0.6 is 0 Å². The van der Waals surface area contributed by atoms with Crippen LogP contribution < -0.4 is 10.4 Å². The Morgan fingerprint density at radius 3 is 2.23 bits per heavy atom. The fourth-order valence-corrected chi connectivity index (χ4v) is 5.91. The maximum absolute atomic E-state index is 13.2. The van der Waals surface area contributed by atoms with E-state index in [4.69, 9.17) is 18.8 Å². The molecule has 2 amide bonds. The zero-order valence-corrected chi connectivity index (χ0v) is 26.9. The van der Waals surface area contributed by atoms with Gasteiger partial charge in [0.1, 0.15) is 12.2 Å². The molecule has 0 unspecified atom stereocenters. The summed E-state index contributed by atoms with van der Waals surface area (Å²) in [6, 6.07) is 13.9. The first-order valence-electron chi connectivity index (χ1n) is 15.4. The van der Waals surface area contributed by atoms with E-state index in [-0.39, 0.29) is 24.8 Å². The van der Waals surface area contributed by atoms with Crippen molar-refractivity contribution < 1.29 is 28.4 Å². The van der Waals surface area contributed by atoms with E-state index in [0.717, 1.165) is 27.8 Å². The molecule has 1 atom stereocenters. The van der Waals surface area contributed by atoms with Gasteiger partial charge in [-0.05, 0) is 90.0 Å². The van der Waals surface area contributed by atoms with Crippen LogP contribution in [0.3, 0.4) is 0 Å². The Labute approximate surface area is 256 Å². The highest BCUT2D eigenvalue weighted by atomic mass is 16.7. The van der Waals surface area contributed by atoms with Crippen LogP contribution in [0.2, 0.25) is 0 Å². The normalized spacial score (nSPS) is 21.4. The van der Waals surface area contributed by atoms with Crippen LogP contribution in [0.4, 0.5) is 15.3 Å². The number of nitrogens with zero attached hydrogens (tertiary/aromatic N) is 3. The van der Waals surface area contributed by atoms with Gasteiger partial charge in [-0.25, -0.2) is 9.59 Å². The largest absolute Gasteiger partial charge is 0.495 e. The second kappa shape index (κ2) is 11.7. The molecule has 0 saturated carbocycles. The predicted octanol–water partition coefficient (Wildman–Crippen LogP) is 5.13. The standard InChI is InChI=1S/C33H46BN3O6/c1-23-20-35(18-19-37(23)30(39)41-31(2,3)4)28-15-14-27(34-42-32(5,6)33(7,8)43-34)25-16-17-36(21-26(25)28)29(38)40-22-24-12-10-9-11-13-24/h9-15,23H,16-22H2,1-8H3/t23-/m1/s1. The minimum absolute atomic E-state index is 0.0439. The molecule has 43 heavy (non-hydrogen) atoms. The minimum atomic E-state index is -0.547. The molecule has 0 radical (unpaired) electrons. The van der Waals surface area contributed by atoms with Crippen LogP contribution in [0.25, 0.3) is 0 Å². The van der Waals surface area contributed by atoms with Crippen LogP contribution in [-0.2, 0) is 38.4 Å². The van der Waals surface area contributed by atoms with Gasteiger partial charge in [0, 0.05) is 37.9 Å². The summed E-state index contributed by atoms with van der Waals surface area (Å²) in [6.07, 6.45) is 0.0471. The first-order chi connectivity index (χ1) is 20.1. The molecule has 2 aromatic carbocycles. The molecule has 3 heterocycles. The van der Waals surface area contributed by atoms with E-state index >= 15 is 0 Å². The van der Waals surface area contributed by atoms with Gasteiger partial charge in [0.05, 0.1) is 17.7 Å². The Bertz CT molecular complexity index is 1330. The van der Waals surface area contributed by atoms with E-state index in [1.54, 1.807) is 9.80 Å². The molecule has 2 aromatic rings. The van der Waals surface area contributed by atoms with Crippen LogP contribution in [0.5, 0.6) is 0 Å². The molecule has 5 rings (SSSR count). The number of hydrogen-bond donors (Lipinski definition) is 0. The van der Waals surface area contributed by atoms with Crippen molar-refractivity contribution in [2.75, 3.05) is 31.1 Å². The lowest BCUT2D eigenvalue weighted by molar-refractivity contribution is 0.00578. The zero-order chi connectivity index (χ0) is 31.2. The van der Waals surface area contributed by atoms with Gasteiger partial charge in [0.25, 0.3) is 0 Å². The average Bonchev–Trinajstić information content (AvgIpc) is 3.16. The summed E-state index contributed by atoms with van der Waals surface area (Å²) in [5, 5.41) is 0. The Morgan fingerprint density at radius 1 is 0.930 bits per heavy atom. The minimum Gasteiger partial charge on any atom is -0.445 e. The summed E-state index contributed by atoms with van der Waals surface area (Å²) < 4.78 is 24.3. The molecule has 0 aromatic heterocycles. The molecule has 3 aliphatic rings. The quantitative estimate of drug-likeness (QED) is 0.457. The topological polar surface area (TPSA) is 80.8 Å². The average molecular weight is 592 g/mol. The number of rotatable bonds is 4. The number of benzene rings is 2. The number of hydrogen-bond acceptors (Lipinski definition) is 7. The highest BCUT2D eigenvalue weighted by Crippen LogP contribution is 2.38. The smallest absolute Gasteiger partial charge is 0.445 e.